The van der Waals surface area contributed by atoms with Crippen LogP contribution in [0.2, 0.25) is 5.02 Å². The van der Waals surface area contributed by atoms with Crippen LogP contribution in [-0.2, 0) is 16.1 Å². The third-order valence-corrected chi connectivity index (χ3v) is 5.04. The van der Waals surface area contributed by atoms with Crippen molar-refractivity contribution in [3.8, 4) is 5.95 Å². The average Bonchev–Trinajstić information content (AvgIpc) is 3.10. The minimum absolute atomic E-state index is 0.107. The number of aryl methyl sites for hydroxylation is 3. The van der Waals surface area contributed by atoms with Crippen molar-refractivity contribution in [3.05, 3.63) is 86.4 Å². The van der Waals surface area contributed by atoms with Gasteiger partial charge < -0.3 is 9.57 Å². The number of benzene rings is 2. The van der Waals surface area contributed by atoms with Crippen molar-refractivity contribution in [3.63, 3.8) is 0 Å². The van der Waals surface area contributed by atoms with E-state index >= 15 is 0 Å². The van der Waals surface area contributed by atoms with Gasteiger partial charge in [0, 0.05) is 10.7 Å². The van der Waals surface area contributed by atoms with E-state index in [4.69, 9.17) is 21.2 Å². The molecule has 4 aromatic rings. The zero-order valence-electron chi connectivity index (χ0n) is 17.8. The van der Waals surface area contributed by atoms with E-state index in [1.165, 1.54) is 4.68 Å². The molecule has 0 aliphatic heterocycles. The maximum Gasteiger partial charge on any atom is 0.347 e. The Morgan fingerprint density at radius 1 is 1.06 bits per heavy atom. The number of rotatable bonds is 6. The first kappa shape index (κ1) is 21.6. The highest BCUT2D eigenvalue weighted by molar-refractivity contribution is 6.31. The molecule has 0 bridgehead atoms. The SMILES string of the molecule is Cc1ccc(COC(=O)COn2c(-n3nc(C)cc3C)nc3cc(Cl)ccc3c2=O)cc1. The highest BCUT2D eigenvalue weighted by atomic mass is 35.5. The van der Waals surface area contributed by atoms with Gasteiger partial charge in [-0.05, 0) is 50.6 Å². The Bertz CT molecular complexity index is 1360. The second-order valence-corrected chi connectivity index (χ2v) is 7.87. The fraction of sp³-hybridized carbons (Fsp3) is 0.217. The lowest BCUT2D eigenvalue weighted by molar-refractivity contribution is -0.150. The van der Waals surface area contributed by atoms with E-state index in [-0.39, 0.29) is 12.6 Å². The van der Waals surface area contributed by atoms with Gasteiger partial charge in [0.1, 0.15) is 6.61 Å². The largest absolute Gasteiger partial charge is 0.458 e. The van der Waals surface area contributed by atoms with E-state index in [1.807, 2.05) is 51.1 Å². The molecule has 0 saturated heterocycles. The highest BCUT2D eigenvalue weighted by Gasteiger charge is 2.18. The van der Waals surface area contributed by atoms with Crippen LogP contribution in [0.3, 0.4) is 0 Å². The zero-order valence-corrected chi connectivity index (χ0v) is 18.6. The fourth-order valence-corrected chi connectivity index (χ4v) is 3.39. The maximum absolute atomic E-state index is 13.1. The van der Waals surface area contributed by atoms with Crippen LogP contribution in [0.4, 0.5) is 0 Å². The molecule has 0 atom stereocenters. The van der Waals surface area contributed by atoms with E-state index in [0.29, 0.717) is 15.9 Å². The number of fused-ring (bicyclic) bond motifs is 1. The summed E-state index contributed by atoms with van der Waals surface area (Å²) in [5.41, 5.74) is 3.37. The number of esters is 1. The Morgan fingerprint density at radius 2 is 1.81 bits per heavy atom. The first-order valence-electron chi connectivity index (χ1n) is 9.92. The van der Waals surface area contributed by atoms with E-state index in [9.17, 15) is 9.59 Å². The summed E-state index contributed by atoms with van der Waals surface area (Å²) in [6, 6.07) is 14.2. The molecule has 4 rings (SSSR count). The summed E-state index contributed by atoms with van der Waals surface area (Å²) in [6.07, 6.45) is 0. The standard InChI is InChI=1S/C23H21ClN4O4/c1-14-4-6-17(7-5-14)12-31-21(29)13-32-28-22(30)19-9-8-18(24)11-20(19)25-23(28)27-16(3)10-15(2)26-27/h4-11H,12-13H2,1-3H3. The predicted molar refractivity (Wildman–Crippen MR) is 120 cm³/mol. The lowest BCUT2D eigenvalue weighted by Gasteiger charge is -2.14. The molecule has 0 aliphatic carbocycles. The normalized spacial score (nSPS) is 11.0. The highest BCUT2D eigenvalue weighted by Crippen LogP contribution is 2.17. The molecule has 9 heteroatoms. The van der Waals surface area contributed by atoms with Crippen LogP contribution in [-0.4, -0.2) is 32.1 Å². The molecule has 0 fully saturated rings. The molecule has 164 valence electrons. The molecular formula is C23H21ClN4O4. The van der Waals surface area contributed by atoms with Crippen molar-refractivity contribution >= 4 is 28.5 Å². The first-order chi connectivity index (χ1) is 15.3. The molecule has 2 heterocycles. The minimum atomic E-state index is -0.618. The first-order valence-corrected chi connectivity index (χ1v) is 10.3. The quantitative estimate of drug-likeness (QED) is 0.417. The van der Waals surface area contributed by atoms with Crippen LogP contribution in [0.25, 0.3) is 16.9 Å². The van der Waals surface area contributed by atoms with E-state index < -0.39 is 18.1 Å². The minimum Gasteiger partial charge on any atom is -0.458 e. The molecule has 0 radical (unpaired) electrons. The number of ether oxygens (including phenoxy) is 1. The van der Waals surface area contributed by atoms with Crippen molar-refractivity contribution in [2.45, 2.75) is 27.4 Å². The smallest absolute Gasteiger partial charge is 0.347 e. The van der Waals surface area contributed by atoms with Crippen molar-refractivity contribution in [2.24, 2.45) is 0 Å². The summed E-state index contributed by atoms with van der Waals surface area (Å²) in [6.45, 7) is 5.27. The van der Waals surface area contributed by atoms with Gasteiger partial charge in [0.2, 0.25) is 6.61 Å². The number of carbonyl (C=O) groups excluding carboxylic acids is 1. The van der Waals surface area contributed by atoms with E-state index in [0.717, 1.165) is 27.2 Å². The van der Waals surface area contributed by atoms with Gasteiger partial charge in [0.25, 0.3) is 11.5 Å². The van der Waals surface area contributed by atoms with Crippen LogP contribution in [0.1, 0.15) is 22.5 Å². The van der Waals surface area contributed by atoms with Crippen LogP contribution in [0, 0.1) is 20.8 Å². The second-order valence-electron chi connectivity index (χ2n) is 7.43. The van der Waals surface area contributed by atoms with Crippen LogP contribution >= 0.6 is 11.6 Å². The van der Waals surface area contributed by atoms with Crippen LogP contribution in [0.5, 0.6) is 0 Å². The molecule has 0 N–H and O–H groups in total. The summed E-state index contributed by atoms with van der Waals surface area (Å²) in [4.78, 5) is 35.5. The molecule has 0 aliphatic rings. The van der Waals surface area contributed by atoms with Gasteiger partial charge in [-0.1, -0.05) is 41.4 Å². The Labute approximate surface area is 188 Å². The van der Waals surface area contributed by atoms with E-state index in [2.05, 4.69) is 10.1 Å². The van der Waals surface area contributed by atoms with Gasteiger partial charge in [-0.15, -0.1) is 4.73 Å². The molecule has 0 amide bonds. The van der Waals surface area contributed by atoms with Gasteiger partial charge in [0.05, 0.1) is 16.6 Å². The summed E-state index contributed by atoms with van der Waals surface area (Å²) in [7, 11) is 0. The number of aromatic nitrogens is 4. The third kappa shape index (κ3) is 4.50. The summed E-state index contributed by atoms with van der Waals surface area (Å²) >= 11 is 6.08. The number of halogens is 1. The van der Waals surface area contributed by atoms with Crippen molar-refractivity contribution in [2.75, 3.05) is 6.61 Å². The number of hydrogen-bond donors (Lipinski definition) is 0. The second kappa shape index (κ2) is 8.84. The van der Waals surface area contributed by atoms with Crippen molar-refractivity contribution in [1.29, 1.82) is 0 Å². The summed E-state index contributed by atoms with van der Waals surface area (Å²) in [5.74, 6) is -0.505. The Kier molecular flexibility index (Phi) is 5.96. The van der Waals surface area contributed by atoms with Crippen molar-refractivity contribution in [1.82, 2.24) is 19.5 Å². The number of hydrogen-bond acceptors (Lipinski definition) is 6. The van der Waals surface area contributed by atoms with Crippen molar-refractivity contribution < 1.29 is 14.4 Å². The molecule has 32 heavy (non-hydrogen) atoms. The van der Waals surface area contributed by atoms with Gasteiger partial charge in [-0.2, -0.15) is 5.10 Å². The molecular weight excluding hydrogens is 432 g/mol. The Morgan fingerprint density at radius 3 is 2.50 bits per heavy atom. The maximum atomic E-state index is 13.1. The molecule has 0 unspecified atom stereocenters. The molecule has 2 aromatic carbocycles. The lowest BCUT2D eigenvalue weighted by Crippen LogP contribution is -2.35. The molecule has 0 spiro atoms. The fourth-order valence-electron chi connectivity index (χ4n) is 3.22. The van der Waals surface area contributed by atoms with E-state index in [1.54, 1.807) is 18.2 Å². The zero-order chi connectivity index (χ0) is 22.8. The monoisotopic (exact) mass is 452 g/mol. The average molecular weight is 453 g/mol. The predicted octanol–water partition coefficient (Wildman–Crippen LogP) is 3.33. The summed E-state index contributed by atoms with van der Waals surface area (Å²) < 4.78 is 7.71. The van der Waals surface area contributed by atoms with Gasteiger partial charge in [-0.3, -0.25) is 4.79 Å². The number of nitrogens with zero attached hydrogens (tertiary/aromatic N) is 4. The van der Waals surface area contributed by atoms with Gasteiger partial charge in [0.15, 0.2) is 0 Å². The molecule has 2 aromatic heterocycles. The van der Waals surface area contributed by atoms with Gasteiger partial charge >= 0.3 is 5.97 Å². The summed E-state index contributed by atoms with van der Waals surface area (Å²) in [5, 5.41) is 5.13. The third-order valence-electron chi connectivity index (χ3n) is 4.81. The van der Waals surface area contributed by atoms with Crippen LogP contribution in [0.15, 0.2) is 53.3 Å². The lowest BCUT2D eigenvalue weighted by atomic mass is 10.2. The topological polar surface area (TPSA) is 88.2 Å². The Balaban J connectivity index is 1.62. The number of carbonyl (C=O) groups is 1. The molecule has 0 saturated carbocycles. The Hall–Kier alpha value is -3.65. The van der Waals surface area contributed by atoms with Gasteiger partial charge in [-0.25, -0.2) is 14.5 Å². The van der Waals surface area contributed by atoms with Crippen LogP contribution < -0.4 is 10.4 Å². The molecule has 8 nitrogen and oxygen atoms in total.